The standard InChI is InChI=1S/C16H22O3/c1-10(2)14-8-13(7-6-12(5)17)15(18)9-16(14)19-11(3)4/h8-9,11H,6-7H2,1-5H3. The van der Waals surface area contributed by atoms with Crippen molar-refractivity contribution in [2.45, 2.75) is 53.6 Å². The molecule has 3 heteroatoms. The Kier molecular flexibility index (Phi) is 5.28. The number of ether oxygens (including phenoxy) is 1. The van der Waals surface area contributed by atoms with Crippen LogP contribution in [0.2, 0.25) is 0 Å². The predicted molar refractivity (Wildman–Crippen MR) is 75.7 cm³/mol. The van der Waals surface area contributed by atoms with Crippen LogP contribution in [0.5, 0.6) is 0 Å². The van der Waals surface area contributed by atoms with E-state index in [0.29, 0.717) is 24.2 Å². The number of carbonyl (C=O) groups excluding carboxylic acids is 2. The highest BCUT2D eigenvalue weighted by Crippen LogP contribution is 2.27. The van der Waals surface area contributed by atoms with Crippen molar-refractivity contribution < 1.29 is 14.3 Å². The topological polar surface area (TPSA) is 43.4 Å². The van der Waals surface area contributed by atoms with Crippen molar-refractivity contribution in [3.8, 4) is 0 Å². The first-order valence-electron chi connectivity index (χ1n) is 6.61. The molecule has 0 atom stereocenters. The van der Waals surface area contributed by atoms with Gasteiger partial charge in [-0.1, -0.05) is 5.57 Å². The smallest absolute Gasteiger partial charge is 0.185 e. The lowest BCUT2D eigenvalue weighted by atomic mass is 9.93. The summed E-state index contributed by atoms with van der Waals surface area (Å²) in [7, 11) is 0. The van der Waals surface area contributed by atoms with Crippen LogP contribution < -0.4 is 0 Å². The fraction of sp³-hybridized carbons (Fsp3) is 0.500. The molecule has 19 heavy (non-hydrogen) atoms. The first kappa shape index (κ1) is 15.4. The second-order valence-corrected chi connectivity index (χ2v) is 5.32. The highest BCUT2D eigenvalue weighted by atomic mass is 16.5. The van der Waals surface area contributed by atoms with Crippen LogP contribution in [-0.4, -0.2) is 17.7 Å². The Bertz CT molecular complexity index is 472. The minimum absolute atomic E-state index is 0.0283. The molecule has 0 radical (unpaired) electrons. The molecule has 104 valence electrons. The van der Waals surface area contributed by atoms with Crippen LogP contribution in [-0.2, 0) is 14.3 Å². The second kappa shape index (κ2) is 6.50. The number of carbonyl (C=O) groups is 2. The summed E-state index contributed by atoms with van der Waals surface area (Å²) in [5.41, 5.74) is 2.73. The summed E-state index contributed by atoms with van der Waals surface area (Å²) in [5, 5.41) is 0. The monoisotopic (exact) mass is 262 g/mol. The molecule has 0 aromatic rings. The number of hydrogen-bond acceptors (Lipinski definition) is 3. The third-order valence-corrected chi connectivity index (χ3v) is 2.81. The summed E-state index contributed by atoms with van der Waals surface area (Å²) in [6, 6.07) is 0. The van der Waals surface area contributed by atoms with Gasteiger partial charge in [0, 0.05) is 23.6 Å². The molecule has 0 N–H and O–H groups in total. The highest BCUT2D eigenvalue weighted by Gasteiger charge is 2.20. The Hall–Kier alpha value is -1.64. The van der Waals surface area contributed by atoms with E-state index in [0.717, 1.165) is 11.1 Å². The third-order valence-electron chi connectivity index (χ3n) is 2.81. The van der Waals surface area contributed by atoms with Gasteiger partial charge in [-0.05, 0) is 47.1 Å². The Morgan fingerprint density at radius 1 is 1.21 bits per heavy atom. The van der Waals surface area contributed by atoms with Crippen LogP contribution in [0.25, 0.3) is 0 Å². The molecule has 0 aromatic carbocycles. The van der Waals surface area contributed by atoms with Crippen LogP contribution in [0.3, 0.4) is 0 Å². The maximum absolute atomic E-state index is 12.0. The van der Waals surface area contributed by atoms with Crippen molar-refractivity contribution in [2.75, 3.05) is 0 Å². The summed E-state index contributed by atoms with van der Waals surface area (Å²) in [6.45, 7) is 9.38. The fourth-order valence-electron chi connectivity index (χ4n) is 1.85. The molecular formula is C16H22O3. The van der Waals surface area contributed by atoms with Crippen LogP contribution >= 0.6 is 0 Å². The number of allylic oxidation sites excluding steroid dienone is 4. The van der Waals surface area contributed by atoms with Gasteiger partial charge in [0.2, 0.25) is 0 Å². The van der Waals surface area contributed by atoms with Crippen LogP contribution in [0.15, 0.2) is 34.6 Å². The molecule has 1 aliphatic carbocycles. The number of rotatable bonds is 5. The molecule has 0 heterocycles. The molecular weight excluding hydrogens is 240 g/mol. The van der Waals surface area contributed by atoms with Gasteiger partial charge in [-0.2, -0.15) is 0 Å². The maximum Gasteiger partial charge on any atom is 0.185 e. The minimum Gasteiger partial charge on any atom is -0.490 e. The Morgan fingerprint density at radius 3 is 2.32 bits per heavy atom. The van der Waals surface area contributed by atoms with Crippen molar-refractivity contribution in [1.82, 2.24) is 0 Å². The molecule has 0 spiro atoms. The van der Waals surface area contributed by atoms with Crippen molar-refractivity contribution in [1.29, 1.82) is 0 Å². The van der Waals surface area contributed by atoms with Crippen LogP contribution in [0.1, 0.15) is 47.5 Å². The average molecular weight is 262 g/mol. The van der Waals surface area contributed by atoms with Gasteiger partial charge in [-0.3, -0.25) is 4.79 Å². The molecule has 3 nitrogen and oxygen atoms in total. The molecule has 1 rings (SSSR count). The Labute approximate surface area is 115 Å². The number of Topliss-reactive ketones (excluding diaryl/α,β-unsaturated/α-hetero) is 1. The van der Waals surface area contributed by atoms with Gasteiger partial charge in [0.05, 0.1) is 6.10 Å². The van der Waals surface area contributed by atoms with Gasteiger partial charge in [0.1, 0.15) is 11.5 Å². The molecule has 0 saturated heterocycles. The average Bonchev–Trinajstić information content (AvgIpc) is 2.26. The van der Waals surface area contributed by atoms with E-state index in [2.05, 4.69) is 0 Å². The normalized spacial score (nSPS) is 15.3. The zero-order valence-corrected chi connectivity index (χ0v) is 12.4. The largest absolute Gasteiger partial charge is 0.490 e. The molecule has 0 amide bonds. The zero-order chi connectivity index (χ0) is 14.6. The lowest BCUT2D eigenvalue weighted by molar-refractivity contribution is -0.117. The molecule has 0 aromatic heterocycles. The van der Waals surface area contributed by atoms with Crippen LogP contribution in [0.4, 0.5) is 0 Å². The van der Waals surface area contributed by atoms with Crippen molar-refractivity contribution in [2.24, 2.45) is 0 Å². The number of hydrogen-bond donors (Lipinski definition) is 0. The van der Waals surface area contributed by atoms with Crippen molar-refractivity contribution >= 4 is 11.6 Å². The first-order valence-corrected chi connectivity index (χ1v) is 6.61. The van der Waals surface area contributed by atoms with Crippen molar-refractivity contribution in [3.63, 3.8) is 0 Å². The van der Waals surface area contributed by atoms with Gasteiger partial charge >= 0.3 is 0 Å². The summed E-state index contributed by atoms with van der Waals surface area (Å²) in [6.07, 6.45) is 4.33. The van der Waals surface area contributed by atoms with E-state index in [4.69, 9.17) is 4.74 Å². The minimum atomic E-state index is -0.0538. The van der Waals surface area contributed by atoms with E-state index in [1.807, 2.05) is 33.8 Å². The van der Waals surface area contributed by atoms with E-state index in [1.165, 1.54) is 6.08 Å². The quantitative estimate of drug-likeness (QED) is 0.761. The Balaban J connectivity index is 3.00. The molecule has 0 aliphatic heterocycles. The molecule has 0 unspecified atom stereocenters. The van der Waals surface area contributed by atoms with E-state index >= 15 is 0 Å². The van der Waals surface area contributed by atoms with E-state index < -0.39 is 0 Å². The zero-order valence-electron chi connectivity index (χ0n) is 12.4. The molecule has 0 bridgehead atoms. The van der Waals surface area contributed by atoms with Gasteiger partial charge in [-0.25, -0.2) is 0 Å². The molecule has 1 aliphatic rings. The summed E-state index contributed by atoms with van der Waals surface area (Å²) in [5.74, 6) is 0.675. The number of ketones is 2. The summed E-state index contributed by atoms with van der Waals surface area (Å²) >= 11 is 0. The fourth-order valence-corrected chi connectivity index (χ4v) is 1.85. The highest BCUT2D eigenvalue weighted by molar-refractivity contribution is 6.07. The lowest BCUT2D eigenvalue weighted by Crippen LogP contribution is -2.13. The van der Waals surface area contributed by atoms with E-state index in [-0.39, 0.29) is 17.7 Å². The van der Waals surface area contributed by atoms with Gasteiger partial charge < -0.3 is 9.53 Å². The van der Waals surface area contributed by atoms with E-state index in [1.54, 1.807) is 6.92 Å². The lowest BCUT2D eigenvalue weighted by Gasteiger charge is -2.20. The summed E-state index contributed by atoms with van der Waals surface area (Å²) < 4.78 is 5.68. The van der Waals surface area contributed by atoms with Crippen molar-refractivity contribution in [3.05, 3.63) is 34.6 Å². The molecule has 0 fully saturated rings. The van der Waals surface area contributed by atoms with Gasteiger partial charge in [-0.15, -0.1) is 0 Å². The van der Waals surface area contributed by atoms with E-state index in [9.17, 15) is 9.59 Å². The van der Waals surface area contributed by atoms with Crippen LogP contribution in [0, 0.1) is 0 Å². The molecule has 0 saturated carbocycles. The first-order chi connectivity index (χ1) is 8.81. The van der Waals surface area contributed by atoms with Gasteiger partial charge in [0.15, 0.2) is 5.78 Å². The summed E-state index contributed by atoms with van der Waals surface area (Å²) in [4.78, 5) is 23.0. The predicted octanol–water partition coefficient (Wildman–Crippen LogP) is 3.51. The second-order valence-electron chi connectivity index (χ2n) is 5.32. The Morgan fingerprint density at radius 2 is 1.84 bits per heavy atom. The third kappa shape index (κ3) is 4.51. The SMILES string of the molecule is CC(=O)CCC1=CC(=C(C)C)C(OC(C)C)=CC1=O. The van der Waals surface area contributed by atoms with Gasteiger partial charge in [0.25, 0.3) is 0 Å². The maximum atomic E-state index is 12.0.